The lowest BCUT2D eigenvalue weighted by molar-refractivity contribution is 0.257. The highest BCUT2D eigenvalue weighted by Gasteiger charge is 2.14. The van der Waals surface area contributed by atoms with E-state index in [1.54, 1.807) is 0 Å². The largest absolute Gasteiger partial charge is 0.396 e. The Morgan fingerprint density at radius 2 is 0.769 bits per heavy atom. The highest BCUT2D eigenvalue weighted by Crippen LogP contribution is 2.32. The maximum Gasteiger partial charge on any atom is 0.0431 e. The van der Waals surface area contributed by atoms with Crippen LogP contribution in [0.25, 0.3) is 0 Å². The van der Waals surface area contributed by atoms with Crippen LogP contribution in [0.4, 0.5) is 0 Å². The lowest BCUT2D eigenvalue weighted by Crippen LogP contribution is -2.20. The van der Waals surface area contributed by atoms with E-state index in [2.05, 4.69) is 91.0 Å². The van der Waals surface area contributed by atoms with Crippen molar-refractivity contribution < 1.29 is 10.2 Å². The second-order valence-corrected chi connectivity index (χ2v) is 8.07. The topological polar surface area (TPSA) is 40.5 Å². The average molecular weight is 366 g/mol. The molecule has 0 aliphatic carbocycles. The van der Waals surface area contributed by atoms with Crippen LogP contribution in [0.5, 0.6) is 0 Å². The SMILES string of the molecule is OCCCCCO.c1ccc(P(c2ccccc2)c2ccccc2)cc1. The molecule has 2 nitrogen and oxygen atoms in total. The summed E-state index contributed by atoms with van der Waals surface area (Å²) < 4.78 is 0. The van der Waals surface area contributed by atoms with Crippen molar-refractivity contribution in [3.63, 3.8) is 0 Å². The molecule has 3 aromatic rings. The smallest absolute Gasteiger partial charge is 0.0431 e. The van der Waals surface area contributed by atoms with Crippen molar-refractivity contribution in [2.24, 2.45) is 0 Å². The van der Waals surface area contributed by atoms with Gasteiger partial charge in [0.1, 0.15) is 0 Å². The number of hydrogen-bond acceptors (Lipinski definition) is 2. The summed E-state index contributed by atoms with van der Waals surface area (Å²) in [5, 5.41) is 20.6. The minimum absolute atomic E-state index is 0.250. The van der Waals surface area contributed by atoms with Gasteiger partial charge in [0.15, 0.2) is 0 Å². The molecule has 3 heteroatoms. The van der Waals surface area contributed by atoms with Crippen molar-refractivity contribution in [2.45, 2.75) is 19.3 Å². The van der Waals surface area contributed by atoms with Crippen molar-refractivity contribution in [3.05, 3.63) is 91.0 Å². The van der Waals surface area contributed by atoms with Gasteiger partial charge in [-0.1, -0.05) is 91.0 Å². The normalized spacial score (nSPS) is 10.3. The summed E-state index contributed by atoms with van der Waals surface area (Å²) in [5.74, 6) is 0. The fourth-order valence-electron chi connectivity index (χ4n) is 2.58. The fraction of sp³-hybridized carbons (Fsp3) is 0.217. The molecule has 0 bridgehead atoms. The first-order valence-electron chi connectivity index (χ1n) is 9.04. The van der Waals surface area contributed by atoms with Gasteiger partial charge in [-0.05, 0) is 43.1 Å². The van der Waals surface area contributed by atoms with Gasteiger partial charge < -0.3 is 10.2 Å². The Labute approximate surface area is 157 Å². The van der Waals surface area contributed by atoms with E-state index in [1.807, 2.05) is 0 Å². The molecule has 136 valence electrons. The summed E-state index contributed by atoms with van der Waals surface area (Å²) in [7, 11) is -0.446. The van der Waals surface area contributed by atoms with Gasteiger partial charge in [0.25, 0.3) is 0 Å². The third-order valence-electron chi connectivity index (χ3n) is 3.86. The van der Waals surface area contributed by atoms with Crippen molar-refractivity contribution in [2.75, 3.05) is 13.2 Å². The molecule has 0 aliphatic rings. The van der Waals surface area contributed by atoms with Crippen LogP contribution in [0.15, 0.2) is 91.0 Å². The number of benzene rings is 3. The number of unbranched alkanes of at least 4 members (excludes halogenated alkanes) is 2. The van der Waals surface area contributed by atoms with Gasteiger partial charge in [-0.15, -0.1) is 0 Å². The fourth-order valence-corrected chi connectivity index (χ4v) is 4.88. The van der Waals surface area contributed by atoms with Crippen molar-refractivity contribution in [1.29, 1.82) is 0 Å². The van der Waals surface area contributed by atoms with Gasteiger partial charge >= 0.3 is 0 Å². The minimum atomic E-state index is -0.446. The highest BCUT2D eigenvalue weighted by atomic mass is 31.1. The number of hydrogen-bond donors (Lipinski definition) is 2. The molecule has 0 amide bonds. The lowest BCUT2D eigenvalue weighted by Gasteiger charge is -2.18. The predicted molar refractivity (Wildman–Crippen MR) is 113 cm³/mol. The number of aliphatic hydroxyl groups excluding tert-OH is 2. The van der Waals surface area contributed by atoms with Gasteiger partial charge in [-0.25, -0.2) is 0 Å². The van der Waals surface area contributed by atoms with Crippen LogP contribution in [0.2, 0.25) is 0 Å². The molecule has 0 aromatic heterocycles. The van der Waals surface area contributed by atoms with E-state index in [9.17, 15) is 0 Å². The summed E-state index contributed by atoms with van der Waals surface area (Å²) in [6, 6.07) is 32.3. The Kier molecular flexibility index (Phi) is 9.67. The molecular weight excluding hydrogens is 339 g/mol. The molecule has 0 atom stereocenters. The first-order valence-corrected chi connectivity index (χ1v) is 10.4. The molecular formula is C23H27O2P. The van der Waals surface area contributed by atoms with E-state index < -0.39 is 7.92 Å². The minimum Gasteiger partial charge on any atom is -0.396 e. The molecule has 0 saturated carbocycles. The Morgan fingerprint density at radius 1 is 0.462 bits per heavy atom. The molecule has 2 N–H and O–H groups in total. The van der Waals surface area contributed by atoms with Crippen LogP contribution in [-0.4, -0.2) is 23.4 Å². The zero-order valence-electron chi connectivity index (χ0n) is 15.0. The van der Waals surface area contributed by atoms with Crippen molar-refractivity contribution >= 4 is 23.8 Å². The van der Waals surface area contributed by atoms with Crippen molar-refractivity contribution in [3.8, 4) is 0 Å². The zero-order valence-corrected chi connectivity index (χ0v) is 15.9. The van der Waals surface area contributed by atoms with Gasteiger partial charge in [-0.3, -0.25) is 0 Å². The molecule has 0 spiro atoms. The highest BCUT2D eigenvalue weighted by molar-refractivity contribution is 7.79. The van der Waals surface area contributed by atoms with E-state index in [1.165, 1.54) is 15.9 Å². The first-order chi connectivity index (χ1) is 12.9. The molecule has 3 aromatic carbocycles. The third kappa shape index (κ3) is 6.72. The number of aliphatic hydroxyl groups is 2. The Balaban J connectivity index is 0.000000298. The maximum atomic E-state index is 8.21. The summed E-state index contributed by atoms with van der Waals surface area (Å²) in [5.41, 5.74) is 0. The predicted octanol–water partition coefficient (Wildman–Crippen LogP) is 3.59. The molecule has 0 unspecified atom stereocenters. The monoisotopic (exact) mass is 366 g/mol. The average Bonchev–Trinajstić information content (AvgIpc) is 2.72. The molecule has 0 heterocycles. The summed E-state index contributed by atoms with van der Waals surface area (Å²) in [4.78, 5) is 0. The molecule has 3 rings (SSSR count). The zero-order chi connectivity index (χ0) is 18.5. The molecule has 0 saturated heterocycles. The quantitative estimate of drug-likeness (QED) is 0.496. The molecule has 0 radical (unpaired) electrons. The molecule has 26 heavy (non-hydrogen) atoms. The summed E-state index contributed by atoms with van der Waals surface area (Å²) in [6.45, 7) is 0.500. The summed E-state index contributed by atoms with van der Waals surface area (Å²) in [6.07, 6.45) is 2.58. The Morgan fingerprint density at radius 3 is 1.04 bits per heavy atom. The van der Waals surface area contributed by atoms with Gasteiger partial charge in [0.2, 0.25) is 0 Å². The Hall–Kier alpha value is -1.99. The van der Waals surface area contributed by atoms with Crippen LogP contribution >= 0.6 is 7.92 Å². The number of rotatable bonds is 7. The van der Waals surface area contributed by atoms with E-state index in [4.69, 9.17) is 10.2 Å². The molecule has 0 fully saturated rings. The molecule has 0 aliphatic heterocycles. The Bertz CT molecular complexity index is 604. The van der Waals surface area contributed by atoms with E-state index in [0.29, 0.717) is 0 Å². The third-order valence-corrected chi connectivity index (χ3v) is 6.30. The standard InChI is InChI=1S/C18H15P.C5H12O2/c1-4-10-16(11-5-1)19(17-12-6-2-7-13-17)18-14-8-3-9-15-18;6-4-2-1-3-5-7/h1-15H;6-7H,1-5H2. The lowest BCUT2D eigenvalue weighted by atomic mass is 10.2. The first kappa shape index (κ1) is 20.3. The van der Waals surface area contributed by atoms with E-state index >= 15 is 0 Å². The van der Waals surface area contributed by atoms with E-state index in [-0.39, 0.29) is 13.2 Å². The maximum absolute atomic E-state index is 8.21. The van der Waals surface area contributed by atoms with Gasteiger partial charge in [0, 0.05) is 13.2 Å². The van der Waals surface area contributed by atoms with Crippen LogP contribution in [0, 0.1) is 0 Å². The van der Waals surface area contributed by atoms with Crippen LogP contribution < -0.4 is 15.9 Å². The van der Waals surface area contributed by atoms with Crippen molar-refractivity contribution in [1.82, 2.24) is 0 Å². The van der Waals surface area contributed by atoms with Gasteiger partial charge in [-0.2, -0.15) is 0 Å². The van der Waals surface area contributed by atoms with Crippen LogP contribution in [-0.2, 0) is 0 Å². The van der Waals surface area contributed by atoms with Gasteiger partial charge in [0.05, 0.1) is 0 Å². The van der Waals surface area contributed by atoms with E-state index in [0.717, 1.165) is 19.3 Å². The summed E-state index contributed by atoms with van der Waals surface area (Å²) >= 11 is 0. The van der Waals surface area contributed by atoms with Crippen LogP contribution in [0.1, 0.15) is 19.3 Å². The second kappa shape index (κ2) is 12.4. The second-order valence-electron chi connectivity index (χ2n) is 5.85. The van der Waals surface area contributed by atoms with Crippen LogP contribution in [0.3, 0.4) is 0 Å².